The Morgan fingerprint density at radius 2 is 1.93 bits per heavy atom. The molecule has 0 aliphatic rings. The number of rotatable bonds is 4. The highest BCUT2D eigenvalue weighted by Crippen LogP contribution is 2.30. The summed E-state index contributed by atoms with van der Waals surface area (Å²) in [5, 5.41) is 17.9. The van der Waals surface area contributed by atoms with Gasteiger partial charge in [-0.25, -0.2) is 4.68 Å². The van der Waals surface area contributed by atoms with Gasteiger partial charge in [-0.3, -0.25) is 5.43 Å². The van der Waals surface area contributed by atoms with E-state index in [-0.39, 0.29) is 10.8 Å². The molecule has 3 rings (SSSR count). The first-order chi connectivity index (χ1) is 13.3. The predicted octanol–water partition coefficient (Wildman–Crippen LogP) is 3.39. The number of anilines is 1. The number of hydrogen-bond acceptors (Lipinski definition) is 5. The zero-order chi connectivity index (χ0) is 20.1. The molecule has 0 unspecified atom stereocenters. The smallest absolute Gasteiger partial charge is 0.331 e. The van der Waals surface area contributed by atoms with Gasteiger partial charge in [0.05, 0.1) is 17.0 Å². The van der Waals surface area contributed by atoms with Crippen LogP contribution in [0.5, 0.6) is 0 Å². The first-order valence-corrected chi connectivity index (χ1v) is 8.36. The maximum absolute atomic E-state index is 12.8. The van der Waals surface area contributed by atoms with Crippen LogP contribution >= 0.6 is 12.2 Å². The molecule has 0 amide bonds. The molecule has 0 spiro atoms. The van der Waals surface area contributed by atoms with Crippen LogP contribution < -0.4 is 10.7 Å². The summed E-state index contributed by atoms with van der Waals surface area (Å²) >= 11 is 5.09. The second kappa shape index (κ2) is 8.13. The Bertz CT molecular complexity index is 1000. The average molecular weight is 405 g/mol. The zero-order valence-electron chi connectivity index (χ0n) is 14.5. The minimum absolute atomic E-state index is 0.0651. The quantitative estimate of drug-likeness (QED) is 0.394. The van der Waals surface area contributed by atoms with Crippen LogP contribution in [-0.2, 0) is 6.18 Å². The van der Waals surface area contributed by atoms with Crippen molar-refractivity contribution in [2.75, 3.05) is 5.32 Å². The molecule has 0 aliphatic heterocycles. The molecule has 0 atom stereocenters. The molecule has 0 bridgehead atoms. The summed E-state index contributed by atoms with van der Waals surface area (Å²) in [6.07, 6.45) is -2.95. The summed E-state index contributed by atoms with van der Waals surface area (Å²) in [6.45, 7) is 1.76. The molecule has 0 radical (unpaired) electrons. The van der Waals surface area contributed by atoms with Crippen molar-refractivity contribution >= 4 is 28.7 Å². The molecular formula is C17H14F3N7S. The number of tetrazole rings is 1. The first kappa shape index (κ1) is 19.4. The predicted molar refractivity (Wildman–Crippen MR) is 102 cm³/mol. The number of benzene rings is 2. The third-order valence-corrected chi connectivity index (χ3v) is 3.84. The lowest BCUT2D eigenvalue weighted by Crippen LogP contribution is -2.25. The Hall–Kier alpha value is -3.34. The second-order valence-corrected chi connectivity index (χ2v) is 6.05. The van der Waals surface area contributed by atoms with E-state index in [2.05, 4.69) is 31.4 Å². The summed E-state index contributed by atoms with van der Waals surface area (Å²) in [4.78, 5) is 0. The summed E-state index contributed by atoms with van der Waals surface area (Å²) < 4.78 is 39.8. The second-order valence-electron chi connectivity index (χ2n) is 5.65. The van der Waals surface area contributed by atoms with Gasteiger partial charge in [0.2, 0.25) is 0 Å². The van der Waals surface area contributed by atoms with Crippen LogP contribution in [0, 0.1) is 0 Å². The van der Waals surface area contributed by atoms with Crippen LogP contribution in [0.15, 0.2) is 60.0 Å². The van der Waals surface area contributed by atoms with Crippen molar-refractivity contribution in [2.24, 2.45) is 5.10 Å². The van der Waals surface area contributed by atoms with Gasteiger partial charge in [0, 0.05) is 5.69 Å². The van der Waals surface area contributed by atoms with Crippen LogP contribution in [0.25, 0.3) is 5.69 Å². The molecular weight excluding hydrogens is 391 g/mol. The molecule has 1 aromatic heterocycles. The normalized spacial score (nSPS) is 11.9. The molecule has 1 heterocycles. The van der Waals surface area contributed by atoms with Crippen molar-refractivity contribution in [1.29, 1.82) is 0 Å². The molecule has 11 heteroatoms. The lowest BCUT2D eigenvalue weighted by molar-refractivity contribution is -0.137. The van der Waals surface area contributed by atoms with Crippen LogP contribution in [0.1, 0.15) is 18.1 Å². The molecule has 0 aliphatic carbocycles. The van der Waals surface area contributed by atoms with E-state index >= 15 is 0 Å². The van der Waals surface area contributed by atoms with Crippen molar-refractivity contribution in [2.45, 2.75) is 13.1 Å². The van der Waals surface area contributed by atoms with Gasteiger partial charge in [0.25, 0.3) is 0 Å². The molecule has 3 aromatic rings. The highest BCUT2D eigenvalue weighted by molar-refractivity contribution is 7.80. The summed E-state index contributed by atoms with van der Waals surface area (Å²) in [5.41, 5.74) is 4.23. The van der Waals surface area contributed by atoms with Gasteiger partial charge in [-0.1, -0.05) is 18.2 Å². The van der Waals surface area contributed by atoms with Gasteiger partial charge >= 0.3 is 6.18 Å². The molecule has 2 aromatic carbocycles. The van der Waals surface area contributed by atoms with Gasteiger partial charge in [0.1, 0.15) is 6.33 Å². The lowest BCUT2D eigenvalue weighted by atomic mass is 10.1. The van der Waals surface area contributed by atoms with Crippen molar-refractivity contribution in [3.63, 3.8) is 0 Å². The largest absolute Gasteiger partial charge is 0.416 e. The third-order valence-electron chi connectivity index (χ3n) is 3.65. The van der Waals surface area contributed by atoms with Crippen molar-refractivity contribution in [3.05, 3.63) is 66.0 Å². The fourth-order valence-electron chi connectivity index (χ4n) is 2.28. The molecule has 0 saturated carbocycles. The van der Waals surface area contributed by atoms with Gasteiger partial charge in [-0.05, 0) is 65.5 Å². The number of nitrogens with one attached hydrogen (secondary N) is 2. The number of halogens is 3. The monoisotopic (exact) mass is 405 g/mol. The Balaban J connectivity index is 1.67. The number of alkyl halides is 3. The van der Waals surface area contributed by atoms with E-state index in [1.54, 1.807) is 6.92 Å². The van der Waals surface area contributed by atoms with Crippen LogP contribution in [0.2, 0.25) is 0 Å². The topological polar surface area (TPSA) is 80.0 Å². The first-order valence-electron chi connectivity index (χ1n) is 7.95. The van der Waals surface area contributed by atoms with Crippen molar-refractivity contribution < 1.29 is 13.2 Å². The average Bonchev–Trinajstić information content (AvgIpc) is 3.20. The summed E-state index contributed by atoms with van der Waals surface area (Å²) in [6, 6.07) is 12.1. The highest BCUT2D eigenvalue weighted by atomic mass is 32.1. The molecule has 0 fully saturated rings. The fourth-order valence-corrected chi connectivity index (χ4v) is 2.45. The lowest BCUT2D eigenvalue weighted by Gasteiger charge is -2.11. The Morgan fingerprint density at radius 1 is 1.14 bits per heavy atom. The van der Waals surface area contributed by atoms with E-state index in [0.29, 0.717) is 5.71 Å². The minimum Gasteiger partial charge on any atom is -0.331 e. The van der Waals surface area contributed by atoms with Crippen LogP contribution in [-0.4, -0.2) is 31.0 Å². The number of aromatic nitrogens is 4. The third kappa shape index (κ3) is 4.88. The summed E-state index contributed by atoms with van der Waals surface area (Å²) in [7, 11) is 0. The summed E-state index contributed by atoms with van der Waals surface area (Å²) in [5.74, 6) is 0. The number of hydrogen-bond donors (Lipinski definition) is 2. The van der Waals surface area contributed by atoms with Crippen LogP contribution in [0.4, 0.5) is 18.9 Å². The number of thiocarbonyl (C=S) groups is 1. The van der Waals surface area contributed by atoms with Gasteiger partial charge in [-0.2, -0.15) is 18.3 Å². The molecule has 2 N–H and O–H groups in total. The van der Waals surface area contributed by atoms with E-state index < -0.39 is 11.7 Å². The Labute approximate surface area is 163 Å². The van der Waals surface area contributed by atoms with Gasteiger partial charge in [0.15, 0.2) is 5.11 Å². The van der Waals surface area contributed by atoms with E-state index in [9.17, 15) is 13.2 Å². The van der Waals surface area contributed by atoms with E-state index in [1.807, 2.05) is 24.3 Å². The van der Waals surface area contributed by atoms with Crippen molar-refractivity contribution in [1.82, 2.24) is 25.6 Å². The fraction of sp³-hybridized carbons (Fsp3) is 0.118. The maximum Gasteiger partial charge on any atom is 0.416 e. The van der Waals surface area contributed by atoms with Crippen LogP contribution in [0.3, 0.4) is 0 Å². The van der Waals surface area contributed by atoms with Gasteiger partial charge in [-0.15, -0.1) is 5.10 Å². The van der Waals surface area contributed by atoms with Crippen molar-refractivity contribution in [3.8, 4) is 5.69 Å². The van der Waals surface area contributed by atoms with Gasteiger partial charge < -0.3 is 5.32 Å². The Morgan fingerprint density at radius 3 is 2.64 bits per heavy atom. The molecule has 0 saturated heterocycles. The SMILES string of the molecule is C/C(=N\NC(=S)Nc1cccc(C(F)(F)F)c1)c1cccc(-n2cnnn2)c1. The molecule has 7 nitrogen and oxygen atoms in total. The highest BCUT2D eigenvalue weighted by Gasteiger charge is 2.30. The number of nitrogens with zero attached hydrogens (tertiary/aromatic N) is 5. The van der Waals surface area contributed by atoms with E-state index in [0.717, 1.165) is 23.4 Å². The minimum atomic E-state index is -4.42. The van der Waals surface area contributed by atoms with E-state index in [1.165, 1.54) is 23.1 Å². The maximum atomic E-state index is 12.8. The standard InChI is InChI=1S/C17H14F3N7S/c1-11(12-4-2-7-15(8-12)27-10-21-25-26-27)23-24-16(28)22-14-6-3-5-13(9-14)17(18,19)20/h2-10H,1H3,(H2,22,24,28)/b23-11+. The molecule has 144 valence electrons. The molecule has 28 heavy (non-hydrogen) atoms. The zero-order valence-corrected chi connectivity index (χ0v) is 15.3. The Kier molecular flexibility index (Phi) is 5.64. The number of hydrazone groups is 1. The van der Waals surface area contributed by atoms with E-state index in [4.69, 9.17) is 12.2 Å².